The van der Waals surface area contributed by atoms with E-state index in [1.165, 1.54) is 12.8 Å². The second-order valence-corrected chi connectivity index (χ2v) is 9.62. The first-order valence-electron chi connectivity index (χ1n) is 12.7. The van der Waals surface area contributed by atoms with Crippen molar-refractivity contribution in [1.29, 1.82) is 0 Å². The minimum Gasteiger partial charge on any atom is -0.493 e. The number of amides is 1. The number of Topliss-reactive ketones (excluding diaryl/α,β-unsaturated/α-hetero) is 2. The van der Waals surface area contributed by atoms with Gasteiger partial charge in [-0.3, -0.25) is 19.3 Å². The van der Waals surface area contributed by atoms with E-state index in [1.807, 2.05) is 24.3 Å². The minimum absolute atomic E-state index is 0.0529. The molecule has 2 heterocycles. The number of hydrogen-bond acceptors (Lipinski definition) is 7. The molecule has 2 aromatic rings. The van der Waals surface area contributed by atoms with Gasteiger partial charge in [-0.05, 0) is 62.2 Å². The Morgan fingerprint density at radius 1 is 0.972 bits per heavy atom. The Hall–Kier alpha value is -3.39. The summed E-state index contributed by atoms with van der Waals surface area (Å²) in [6.07, 6.45) is 3.15. The number of carbonyl (C=O) groups excluding carboxylic acids is 3. The molecule has 0 aromatic heterocycles. The molecular weight excluding hydrogens is 460 g/mol. The summed E-state index contributed by atoms with van der Waals surface area (Å²) in [4.78, 5) is 41.1. The molecule has 2 aromatic carbocycles. The molecule has 190 valence electrons. The number of fused-ring (bicyclic) bond motifs is 1. The lowest BCUT2D eigenvalue weighted by Gasteiger charge is -2.29. The maximum Gasteiger partial charge on any atom is 0.255 e. The molecule has 3 aliphatic rings. The highest BCUT2D eigenvalue weighted by Gasteiger charge is 2.40. The first-order valence-corrected chi connectivity index (χ1v) is 12.7. The van der Waals surface area contributed by atoms with Gasteiger partial charge in [-0.1, -0.05) is 12.1 Å². The van der Waals surface area contributed by atoms with Crippen molar-refractivity contribution in [3.8, 4) is 17.2 Å². The monoisotopic (exact) mass is 492 g/mol. The van der Waals surface area contributed by atoms with Crippen LogP contribution in [0.5, 0.6) is 17.2 Å². The zero-order valence-corrected chi connectivity index (χ0v) is 20.7. The number of rotatable bonds is 9. The summed E-state index contributed by atoms with van der Waals surface area (Å²) in [5, 5.41) is 0. The minimum atomic E-state index is -0.544. The third kappa shape index (κ3) is 5.09. The topological polar surface area (TPSA) is 85.4 Å². The standard InChI is InChI=1S/C28H32N2O6/c1-34-27-15-19(7-10-26(27)35-14-13-29-11-2-3-12-29)18-36-25-6-4-5-21-22(25)17-30(28(21)33)23-9-8-20(31)16-24(23)32/h4-7,10,15,23H,2-3,8-9,11-14,16-18H2,1H3. The molecule has 0 N–H and O–H groups in total. The fourth-order valence-corrected chi connectivity index (χ4v) is 5.27. The van der Waals surface area contributed by atoms with E-state index in [0.29, 0.717) is 55.4 Å². The van der Waals surface area contributed by atoms with E-state index in [-0.39, 0.29) is 23.9 Å². The molecule has 2 fully saturated rings. The molecule has 0 radical (unpaired) electrons. The summed E-state index contributed by atoms with van der Waals surface area (Å²) >= 11 is 0. The highest BCUT2D eigenvalue weighted by Crippen LogP contribution is 2.35. The second kappa shape index (κ2) is 10.7. The normalized spacial score (nSPS) is 20.1. The highest BCUT2D eigenvalue weighted by molar-refractivity contribution is 6.07. The van der Waals surface area contributed by atoms with E-state index in [4.69, 9.17) is 14.2 Å². The number of ketones is 2. The number of ether oxygens (including phenoxy) is 3. The van der Waals surface area contributed by atoms with Gasteiger partial charge in [-0.2, -0.15) is 0 Å². The van der Waals surface area contributed by atoms with Crippen LogP contribution in [0.25, 0.3) is 0 Å². The van der Waals surface area contributed by atoms with Crippen molar-refractivity contribution in [2.45, 2.75) is 51.3 Å². The highest BCUT2D eigenvalue weighted by atomic mass is 16.5. The van der Waals surface area contributed by atoms with Gasteiger partial charge in [0.1, 0.15) is 24.7 Å². The van der Waals surface area contributed by atoms with Crippen LogP contribution in [-0.4, -0.2) is 66.7 Å². The maximum absolute atomic E-state index is 13.0. The lowest BCUT2D eigenvalue weighted by molar-refractivity contribution is -0.133. The van der Waals surface area contributed by atoms with Gasteiger partial charge in [0.2, 0.25) is 0 Å². The van der Waals surface area contributed by atoms with Crippen molar-refractivity contribution < 1.29 is 28.6 Å². The molecule has 1 aliphatic carbocycles. The Kier molecular flexibility index (Phi) is 7.23. The zero-order valence-electron chi connectivity index (χ0n) is 20.7. The molecule has 0 bridgehead atoms. The molecular formula is C28H32N2O6. The lowest BCUT2D eigenvalue weighted by atomic mass is 9.92. The van der Waals surface area contributed by atoms with Crippen LogP contribution in [-0.2, 0) is 22.7 Å². The quantitative estimate of drug-likeness (QED) is 0.496. The molecule has 1 unspecified atom stereocenters. The number of nitrogens with zero attached hydrogens (tertiary/aromatic N) is 2. The molecule has 1 amide bonds. The molecule has 0 spiro atoms. The van der Waals surface area contributed by atoms with Crippen molar-refractivity contribution in [3.05, 3.63) is 53.1 Å². The summed E-state index contributed by atoms with van der Waals surface area (Å²) in [6.45, 7) is 4.41. The molecule has 2 aliphatic heterocycles. The smallest absolute Gasteiger partial charge is 0.255 e. The van der Waals surface area contributed by atoms with Crippen LogP contribution in [0.2, 0.25) is 0 Å². The van der Waals surface area contributed by atoms with Crippen LogP contribution >= 0.6 is 0 Å². The van der Waals surface area contributed by atoms with E-state index < -0.39 is 6.04 Å². The van der Waals surface area contributed by atoms with E-state index in [1.54, 1.807) is 24.1 Å². The Balaban J connectivity index is 1.23. The van der Waals surface area contributed by atoms with Crippen LogP contribution < -0.4 is 14.2 Å². The molecule has 36 heavy (non-hydrogen) atoms. The number of methoxy groups -OCH3 is 1. The van der Waals surface area contributed by atoms with E-state index in [0.717, 1.165) is 30.8 Å². The Morgan fingerprint density at radius 2 is 1.81 bits per heavy atom. The van der Waals surface area contributed by atoms with Crippen molar-refractivity contribution in [1.82, 2.24) is 9.80 Å². The van der Waals surface area contributed by atoms with Crippen molar-refractivity contribution >= 4 is 17.5 Å². The molecule has 1 saturated carbocycles. The van der Waals surface area contributed by atoms with E-state index in [9.17, 15) is 14.4 Å². The Bertz CT molecular complexity index is 1160. The molecule has 8 nitrogen and oxygen atoms in total. The van der Waals surface area contributed by atoms with E-state index >= 15 is 0 Å². The van der Waals surface area contributed by atoms with Gasteiger partial charge >= 0.3 is 0 Å². The van der Waals surface area contributed by atoms with Crippen molar-refractivity contribution in [2.24, 2.45) is 0 Å². The molecule has 8 heteroatoms. The average molecular weight is 493 g/mol. The molecule has 5 rings (SSSR count). The van der Waals surface area contributed by atoms with Gasteiger partial charge in [-0.25, -0.2) is 0 Å². The largest absolute Gasteiger partial charge is 0.493 e. The maximum atomic E-state index is 13.0. The van der Waals surface area contributed by atoms with Gasteiger partial charge in [0.05, 0.1) is 26.1 Å². The van der Waals surface area contributed by atoms with Crippen LogP contribution in [0.1, 0.15) is 53.6 Å². The summed E-state index contributed by atoms with van der Waals surface area (Å²) in [7, 11) is 1.62. The van der Waals surface area contributed by atoms with Crippen molar-refractivity contribution in [2.75, 3.05) is 33.4 Å². The van der Waals surface area contributed by atoms with Crippen LogP contribution in [0.3, 0.4) is 0 Å². The fourth-order valence-electron chi connectivity index (χ4n) is 5.27. The predicted octanol–water partition coefficient (Wildman–Crippen LogP) is 3.40. The first-order chi connectivity index (χ1) is 17.5. The van der Waals surface area contributed by atoms with Crippen molar-refractivity contribution in [3.63, 3.8) is 0 Å². The van der Waals surface area contributed by atoms with Crippen LogP contribution in [0.4, 0.5) is 0 Å². The summed E-state index contributed by atoms with van der Waals surface area (Å²) < 4.78 is 17.6. The second-order valence-electron chi connectivity index (χ2n) is 9.62. The SMILES string of the molecule is COc1cc(COc2cccc3c2CN(C2CCC(=O)CC2=O)C3=O)ccc1OCCN1CCCC1. The third-order valence-electron chi connectivity index (χ3n) is 7.25. The predicted molar refractivity (Wildman–Crippen MR) is 132 cm³/mol. The van der Waals surface area contributed by atoms with Crippen LogP contribution in [0, 0.1) is 0 Å². The van der Waals surface area contributed by atoms with Gasteiger partial charge < -0.3 is 19.1 Å². The number of carbonyl (C=O) groups is 3. The summed E-state index contributed by atoms with van der Waals surface area (Å²) in [5.74, 6) is 1.57. The lowest BCUT2D eigenvalue weighted by Crippen LogP contribution is -2.44. The summed E-state index contributed by atoms with van der Waals surface area (Å²) in [6, 6.07) is 10.6. The summed E-state index contributed by atoms with van der Waals surface area (Å²) in [5.41, 5.74) is 2.25. The van der Waals surface area contributed by atoms with Crippen LogP contribution in [0.15, 0.2) is 36.4 Å². The first kappa shape index (κ1) is 24.3. The fraction of sp³-hybridized carbons (Fsp3) is 0.464. The zero-order chi connectivity index (χ0) is 25.1. The van der Waals surface area contributed by atoms with E-state index in [2.05, 4.69) is 4.90 Å². The van der Waals surface area contributed by atoms with Gasteiger partial charge in [-0.15, -0.1) is 0 Å². The molecule has 1 saturated heterocycles. The van der Waals surface area contributed by atoms with Gasteiger partial charge in [0.15, 0.2) is 17.3 Å². The number of likely N-dealkylation sites (tertiary alicyclic amines) is 1. The Labute approximate surface area is 211 Å². The average Bonchev–Trinajstić information content (AvgIpc) is 3.52. The Morgan fingerprint density at radius 3 is 2.58 bits per heavy atom. The third-order valence-corrected chi connectivity index (χ3v) is 7.25. The number of benzene rings is 2. The van der Waals surface area contributed by atoms with Gasteiger partial charge in [0.25, 0.3) is 5.91 Å². The van der Waals surface area contributed by atoms with Gasteiger partial charge in [0, 0.05) is 24.1 Å². The number of hydrogen-bond donors (Lipinski definition) is 0. The molecule has 1 atom stereocenters.